The number of aromatic nitrogens is 2. The number of carbonyl (C=O) groups excluding carboxylic acids is 1. The minimum atomic E-state index is 0.163. The monoisotopic (exact) mass is 282 g/mol. The van der Waals surface area contributed by atoms with Crippen LogP contribution < -0.4 is 0 Å². The smallest absolute Gasteiger partial charge is 0.182 e. The molecule has 0 unspecified atom stereocenters. The molecule has 1 heterocycles. The molecule has 0 N–H and O–H groups in total. The van der Waals surface area contributed by atoms with E-state index in [1.807, 2.05) is 23.0 Å². The van der Waals surface area contributed by atoms with E-state index < -0.39 is 0 Å². The van der Waals surface area contributed by atoms with E-state index in [1.54, 1.807) is 0 Å². The first kappa shape index (κ1) is 14.1. The van der Waals surface area contributed by atoms with E-state index >= 15 is 0 Å². The SMILES string of the molecule is CC(C)c1ccc(C(=O)Cn2cnc3c2CCCC3)cc1. The Morgan fingerprint density at radius 2 is 1.90 bits per heavy atom. The van der Waals surface area contributed by atoms with E-state index in [-0.39, 0.29) is 5.78 Å². The molecular weight excluding hydrogens is 260 g/mol. The Morgan fingerprint density at radius 3 is 2.62 bits per heavy atom. The van der Waals surface area contributed by atoms with Crippen molar-refractivity contribution in [2.75, 3.05) is 0 Å². The van der Waals surface area contributed by atoms with Crippen LogP contribution in [-0.2, 0) is 19.4 Å². The quantitative estimate of drug-likeness (QED) is 0.800. The van der Waals surface area contributed by atoms with Gasteiger partial charge >= 0.3 is 0 Å². The van der Waals surface area contributed by atoms with Crippen LogP contribution in [0.5, 0.6) is 0 Å². The highest BCUT2D eigenvalue weighted by atomic mass is 16.1. The maximum absolute atomic E-state index is 12.4. The number of fused-ring (bicyclic) bond motifs is 1. The number of Topliss-reactive ketones (excluding diaryl/α,β-unsaturated/α-hetero) is 1. The van der Waals surface area contributed by atoms with Crippen molar-refractivity contribution in [3.05, 3.63) is 53.1 Å². The van der Waals surface area contributed by atoms with Crippen molar-refractivity contribution in [1.82, 2.24) is 9.55 Å². The third-order valence-corrected chi connectivity index (χ3v) is 4.32. The first-order valence-corrected chi connectivity index (χ1v) is 7.81. The first-order chi connectivity index (χ1) is 10.1. The van der Waals surface area contributed by atoms with Crippen molar-refractivity contribution >= 4 is 5.78 Å². The molecule has 2 aromatic rings. The number of ketones is 1. The van der Waals surface area contributed by atoms with Gasteiger partial charge in [0.1, 0.15) is 0 Å². The fourth-order valence-electron chi connectivity index (χ4n) is 2.97. The van der Waals surface area contributed by atoms with Crippen LogP contribution in [0.15, 0.2) is 30.6 Å². The van der Waals surface area contributed by atoms with Gasteiger partial charge in [-0.25, -0.2) is 4.98 Å². The number of carbonyl (C=O) groups is 1. The normalized spacial score (nSPS) is 14.2. The highest BCUT2D eigenvalue weighted by molar-refractivity contribution is 5.96. The van der Waals surface area contributed by atoms with Crippen LogP contribution in [0.4, 0.5) is 0 Å². The molecule has 3 heteroatoms. The van der Waals surface area contributed by atoms with Crippen molar-refractivity contribution in [3.63, 3.8) is 0 Å². The fraction of sp³-hybridized carbons (Fsp3) is 0.444. The summed E-state index contributed by atoms with van der Waals surface area (Å²) in [6.07, 6.45) is 6.36. The standard InChI is InChI=1S/C18H22N2O/c1-13(2)14-7-9-15(10-8-14)18(21)11-20-12-19-16-5-3-4-6-17(16)20/h7-10,12-13H,3-6,11H2,1-2H3. The van der Waals surface area contributed by atoms with Crippen LogP contribution in [0.2, 0.25) is 0 Å². The lowest BCUT2D eigenvalue weighted by molar-refractivity contribution is 0.0971. The van der Waals surface area contributed by atoms with Gasteiger partial charge in [0, 0.05) is 11.3 Å². The number of imidazole rings is 1. The highest BCUT2D eigenvalue weighted by Gasteiger charge is 2.17. The molecule has 0 amide bonds. The molecule has 0 saturated carbocycles. The molecule has 1 aromatic heterocycles. The number of rotatable bonds is 4. The second kappa shape index (κ2) is 5.84. The molecule has 1 aromatic carbocycles. The van der Waals surface area contributed by atoms with Crippen molar-refractivity contribution in [2.24, 2.45) is 0 Å². The zero-order valence-electron chi connectivity index (χ0n) is 12.8. The van der Waals surface area contributed by atoms with Gasteiger partial charge in [0.05, 0.1) is 18.6 Å². The minimum Gasteiger partial charge on any atom is -0.327 e. The molecule has 0 radical (unpaired) electrons. The van der Waals surface area contributed by atoms with E-state index in [1.165, 1.54) is 29.8 Å². The zero-order chi connectivity index (χ0) is 14.8. The van der Waals surface area contributed by atoms with Crippen molar-refractivity contribution in [2.45, 2.75) is 52.0 Å². The predicted molar refractivity (Wildman–Crippen MR) is 83.7 cm³/mol. The second-order valence-electron chi connectivity index (χ2n) is 6.17. The maximum atomic E-state index is 12.4. The number of hydrogen-bond donors (Lipinski definition) is 0. The molecule has 1 aliphatic rings. The summed E-state index contributed by atoms with van der Waals surface area (Å²) in [4.78, 5) is 16.9. The summed E-state index contributed by atoms with van der Waals surface area (Å²) in [5.74, 6) is 0.658. The van der Waals surface area contributed by atoms with Crippen LogP contribution in [-0.4, -0.2) is 15.3 Å². The largest absolute Gasteiger partial charge is 0.327 e. The maximum Gasteiger partial charge on any atom is 0.182 e. The molecule has 0 saturated heterocycles. The second-order valence-corrected chi connectivity index (χ2v) is 6.17. The van der Waals surface area contributed by atoms with E-state index in [9.17, 15) is 4.79 Å². The van der Waals surface area contributed by atoms with Crippen LogP contribution in [0.25, 0.3) is 0 Å². The first-order valence-electron chi connectivity index (χ1n) is 7.81. The summed E-state index contributed by atoms with van der Waals surface area (Å²) >= 11 is 0. The molecule has 0 atom stereocenters. The molecule has 3 nitrogen and oxygen atoms in total. The summed E-state index contributed by atoms with van der Waals surface area (Å²) in [7, 11) is 0. The van der Waals surface area contributed by atoms with E-state index in [4.69, 9.17) is 0 Å². The Hall–Kier alpha value is -1.90. The molecular formula is C18H22N2O. The number of benzene rings is 1. The summed E-state index contributed by atoms with van der Waals surface area (Å²) in [5.41, 5.74) is 4.50. The Bertz CT molecular complexity index is 638. The van der Waals surface area contributed by atoms with Gasteiger partial charge in [-0.3, -0.25) is 4.79 Å². The summed E-state index contributed by atoms with van der Waals surface area (Å²) in [6, 6.07) is 8.00. The Morgan fingerprint density at radius 1 is 1.19 bits per heavy atom. The minimum absolute atomic E-state index is 0.163. The molecule has 0 bridgehead atoms. The summed E-state index contributed by atoms with van der Waals surface area (Å²) in [6.45, 7) is 4.73. The van der Waals surface area contributed by atoms with Gasteiger partial charge in [0.15, 0.2) is 5.78 Å². The Kier molecular flexibility index (Phi) is 3.91. The third-order valence-electron chi connectivity index (χ3n) is 4.32. The van der Waals surface area contributed by atoms with Crippen molar-refractivity contribution in [3.8, 4) is 0 Å². The van der Waals surface area contributed by atoms with Gasteiger partial charge in [-0.1, -0.05) is 38.1 Å². The van der Waals surface area contributed by atoms with Crippen LogP contribution in [0.3, 0.4) is 0 Å². The zero-order valence-corrected chi connectivity index (χ0v) is 12.8. The molecule has 0 aliphatic heterocycles. The van der Waals surface area contributed by atoms with Gasteiger partial charge in [0.25, 0.3) is 0 Å². The lowest BCUT2D eigenvalue weighted by Crippen LogP contribution is -2.14. The molecule has 1 aliphatic carbocycles. The molecule has 3 rings (SSSR count). The Balaban J connectivity index is 1.75. The average molecular weight is 282 g/mol. The van der Waals surface area contributed by atoms with Gasteiger partial charge in [-0.2, -0.15) is 0 Å². The van der Waals surface area contributed by atoms with Crippen molar-refractivity contribution in [1.29, 1.82) is 0 Å². The van der Waals surface area contributed by atoms with Gasteiger partial charge in [-0.05, 0) is 37.2 Å². The average Bonchev–Trinajstić information content (AvgIpc) is 2.91. The number of aryl methyl sites for hydroxylation is 1. The lowest BCUT2D eigenvalue weighted by atomic mass is 10.00. The van der Waals surface area contributed by atoms with Gasteiger partial charge in [-0.15, -0.1) is 0 Å². The van der Waals surface area contributed by atoms with Crippen LogP contribution in [0, 0.1) is 0 Å². The molecule has 110 valence electrons. The highest BCUT2D eigenvalue weighted by Crippen LogP contribution is 2.20. The van der Waals surface area contributed by atoms with E-state index in [0.29, 0.717) is 12.5 Å². The lowest BCUT2D eigenvalue weighted by Gasteiger charge is -2.13. The van der Waals surface area contributed by atoms with Crippen LogP contribution in [0.1, 0.15) is 59.9 Å². The van der Waals surface area contributed by atoms with Crippen molar-refractivity contribution < 1.29 is 4.79 Å². The van der Waals surface area contributed by atoms with Gasteiger partial charge < -0.3 is 4.57 Å². The fourth-order valence-corrected chi connectivity index (χ4v) is 2.97. The topological polar surface area (TPSA) is 34.9 Å². The number of hydrogen-bond acceptors (Lipinski definition) is 2. The summed E-state index contributed by atoms with van der Waals surface area (Å²) in [5, 5.41) is 0. The molecule has 0 spiro atoms. The molecule has 0 fully saturated rings. The third kappa shape index (κ3) is 2.92. The summed E-state index contributed by atoms with van der Waals surface area (Å²) < 4.78 is 2.03. The molecule has 21 heavy (non-hydrogen) atoms. The number of nitrogens with zero attached hydrogens (tertiary/aromatic N) is 2. The van der Waals surface area contributed by atoms with E-state index in [0.717, 1.165) is 18.4 Å². The van der Waals surface area contributed by atoms with E-state index in [2.05, 4.69) is 31.0 Å². The Labute approximate surface area is 126 Å². The predicted octanol–water partition coefficient (Wildman–Crippen LogP) is 3.77. The van der Waals surface area contributed by atoms with Gasteiger partial charge in [0.2, 0.25) is 0 Å². The van der Waals surface area contributed by atoms with Crippen LogP contribution >= 0.6 is 0 Å².